The number of rotatable bonds is 4. The Morgan fingerprint density at radius 1 is 1.42 bits per heavy atom. The molecule has 1 fully saturated rings. The summed E-state index contributed by atoms with van der Waals surface area (Å²) >= 11 is 0. The highest BCUT2D eigenvalue weighted by Crippen LogP contribution is 2.27. The Morgan fingerprint density at radius 3 is 2.58 bits per heavy atom. The van der Waals surface area contributed by atoms with Crippen LogP contribution in [0.1, 0.15) is 47.0 Å². The number of ether oxygens (including phenoxy) is 1. The fourth-order valence-electron chi connectivity index (χ4n) is 2.71. The zero-order valence-electron chi connectivity index (χ0n) is 12.9. The SMILES string of the molecule is COC(=O)C(C)(C)CN1CCC(C(C)C)CCC1=O. The summed E-state index contributed by atoms with van der Waals surface area (Å²) in [7, 11) is 1.39. The summed E-state index contributed by atoms with van der Waals surface area (Å²) in [5.74, 6) is 1.13. The van der Waals surface area contributed by atoms with Gasteiger partial charge in [0.25, 0.3) is 0 Å². The zero-order valence-corrected chi connectivity index (χ0v) is 12.9. The second-order valence-corrected chi connectivity index (χ2v) is 6.52. The maximum Gasteiger partial charge on any atom is 0.313 e. The molecule has 0 aromatic rings. The molecule has 0 N–H and O–H groups in total. The summed E-state index contributed by atoms with van der Waals surface area (Å²) in [4.78, 5) is 25.7. The monoisotopic (exact) mass is 269 g/mol. The van der Waals surface area contributed by atoms with Crippen molar-refractivity contribution in [2.75, 3.05) is 20.2 Å². The van der Waals surface area contributed by atoms with Crippen LogP contribution in [0, 0.1) is 17.3 Å². The van der Waals surface area contributed by atoms with Crippen LogP contribution >= 0.6 is 0 Å². The Morgan fingerprint density at radius 2 is 2.05 bits per heavy atom. The van der Waals surface area contributed by atoms with Crippen LogP contribution in [0.25, 0.3) is 0 Å². The highest BCUT2D eigenvalue weighted by atomic mass is 16.5. The quantitative estimate of drug-likeness (QED) is 0.737. The van der Waals surface area contributed by atoms with Gasteiger partial charge < -0.3 is 9.64 Å². The number of methoxy groups -OCH3 is 1. The summed E-state index contributed by atoms with van der Waals surface area (Å²) < 4.78 is 4.81. The van der Waals surface area contributed by atoms with Crippen molar-refractivity contribution < 1.29 is 14.3 Å². The van der Waals surface area contributed by atoms with Crippen LogP contribution in [0.2, 0.25) is 0 Å². The van der Waals surface area contributed by atoms with Gasteiger partial charge in [0, 0.05) is 19.5 Å². The maximum atomic E-state index is 12.1. The standard InChI is InChI=1S/C15H27NO3/c1-11(2)12-6-7-13(17)16(9-8-12)10-15(3,4)14(18)19-5/h11-12H,6-10H2,1-5H3. The van der Waals surface area contributed by atoms with Crippen LogP contribution in [0.5, 0.6) is 0 Å². The van der Waals surface area contributed by atoms with E-state index in [1.165, 1.54) is 7.11 Å². The lowest BCUT2D eigenvalue weighted by atomic mass is 9.89. The van der Waals surface area contributed by atoms with Gasteiger partial charge in [-0.2, -0.15) is 0 Å². The lowest BCUT2D eigenvalue weighted by Crippen LogP contribution is -2.42. The summed E-state index contributed by atoms with van der Waals surface area (Å²) in [6.07, 6.45) is 2.59. The minimum Gasteiger partial charge on any atom is -0.469 e. The molecule has 1 rings (SSSR count). The Kier molecular flexibility index (Phi) is 5.39. The fraction of sp³-hybridized carbons (Fsp3) is 0.867. The van der Waals surface area contributed by atoms with Gasteiger partial charge in [-0.25, -0.2) is 0 Å². The van der Waals surface area contributed by atoms with Gasteiger partial charge in [0.2, 0.25) is 5.91 Å². The third-order valence-electron chi connectivity index (χ3n) is 4.12. The van der Waals surface area contributed by atoms with Crippen LogP contribution in [-0.2, 0) is 14.3 Å². The molecule has 0 spiro atoms. The minimum absolute atomic E-state index is 0.167. The first-order chi connectivity index (χ1) is 8.77. The van der Waals surface area contributed by atoms with Gasteiger partial charge in [-0.15, -0.1) is 0 Å². The number of hydrogen-bond donors (Lipinski definition) is 0. The molecule has 4 nitrogen and oxygen atoms in total. The van der Waals surface area contributed by atoms with E-state index in [4.69, 9.17) is 4.74 Å². The Hall–Kier alpha value is -1.06. The van der Waals surface area contributed by atoms with Gasteiger partial charge in [-0.05, 0) is 38.5 Å². The first-order valence-corrected chi connectivity index (χ1v) is 7.14. The molecule has 1 unspecified atom stereocenters. The smallest absolute Gasteiger partial charge is 0.313 e. The van der Waals surface area contributed by atoms with Crippen molar-refractivity contribution in [1.82, 2.24) is 4.90 Å². The molecular formula is C15H27NO3. The second-order valence-electron chi connectivity index (χ2n) is 6.52. The van der Waals surface area contributed by atoms with E-state index in [9.17, 15) is 9.59 Å². The van der Waals surface area contributed by atoms with Crippen LogP contribution in [0.3, 0.4) is 0 Å². The third-order valence-corrected chi connectivity index (χ3v) is 4.12. The molecule has 110 valence electrons. The average molecular weight is 269 g/mol. The van der Waals surface area contributed by atoms with E-state index < -0.39 is 5.41 Å². The van der Waals surface area contributed by atoms with E-state index in [0.29, 0.717) is 24.8 Å². The highest BCUT2D eigenvalue weighted by Gasteiger charge is 2.34. The Labute approximate surface area is 116 Å². The molecule has 0 aromatic heterocycles. The zero-order chi connectivity index (χ0) is 14.6. The van der Waals surface area contributed by atoms with Gasteiger partial charge in [0.15, 0.2) is 0 Å². The molecule has 0 aliphatic carbocycles. The fourth-order valence-corrected chi connectivity index (χ4v) is 2.71. The molecule has 1 aliphatic rings. The Bertz CT molecular complexity index is 336. The number of hydrogen-bond acceptors (Lipinski definition) is 3. The van der Waals surface area contributed by atoms with Crippen molar-refractivity contribution in [3.05, 3.63) is 0 Å². The van der Waals surface area contributed by atoms with Gasteiger partial charge in [-0.3, -0.25) is 9.59 Å². The Balaban J connectivity index is 2.68. The maximum absolute atomic E-state index is 12.1. The molecule has 0 bridgehead atoms. The molecular weight excluding hydrogens is 242 g/mol. The predicted octanol–water partition coefficient (Wildman–Crippen LogP) is 2.47. The van der Waals surface area contributed by atoms with Crippen LogP contribution in [-0.4, -0.2) is 37.0 Å². The van der Waals surface area contributed by atoms with E-state index >= 15 is 0 Å². The summed E-state index contributed by atoms with van der Waals surface area (Å²) in [6, 6.07) is 0. The molecule has 0 radical (unpaired) electrons. The lowest BCUT2D eigenvalue weighted by molar-refractivity contribution is -0.153. The second kappa shape index (κ2) is 6.40. The molecule has 19 heavy (non-hydrogen) atoms. The van der Waals surface area contributed by atoms with E-state index in [0.717, 1.165) is 19.4 Å². The first-order valence-electron chi connectivity index (χ1n) is 7.14. The number of carbonyl (C=O) groups is 2. The predicted molar refractivity (Wildman–Crippen MR) is 74.6 cm³/mol. The molecule has 1 atom stereocenters. The summed E-state index contributed by atoms with van der Waals surface area (Å²) in [6.45, 7) is 9.28. The number of amides is 1. The van der Waals surface area contributed by atoms with Crippen LogP contribution < -0.4 is 0 Å². The molecule has 1 aliphatic heterocycles. The van der Waals surface area contributed by atoms with Gasteiger partial charge >= 0.3 is 5.97 Å². The van der Waals surface area contributed by atoms with Crippen molar-refractivity contribution in [3.63, 3.8) is 0 Å². The normalized spacial score (nSPS) is 21.5. The molecule has 4 heteroatoms. The summed E-state index contributed by atoms with van der Waals surface area (Å²) in [5.41, 5.74) is -0.637. The number of likely N-dealkylation sites (tertiary alicyclic amines) is 1. The first kappa shape index (κ1) is 16.0. The number of carbonyl (C=O) groups excluding carboxylic acids is 2. The van der Waals surface area contributed by atoms with Gasteiger partial charge in [0.05, 0.1) is 12.5 Å². The molecule has 0 aromatic carbocycles. The highest BCUT2D eigenvalue weighted by molar-refractivity contribution is 5.79. The van der Waals surface area contributed by atoms with E-state index in [2.05, 4.69) is 13.8 Å². The average Bonchev–Trinajstić information content (AvgIpc) is 2.51. The van der Waals surface area contributed by atoms with E-state index in [-0.39, 0.29) is 11.9 Å². The van der Waals surface area contributed by atoms with Crippen molar-refractivity contribution in [1.29, 1.82) is 0 Å². The van der Waals surface area contributed by atoms with Crippen molar-refractivity contribution >= 4 is 11.9 Å². The molecule has 1 heterocycles. The number of nitrogens with zero attached hydrogens (tertiary/aromatic N) is 1. The third kappa shape index (κ3) is 4.22. The topological polar surface area (TPSA) is 46.6 Å². The van der Waals surface area contributed by atoms with Crippen molar-refractivity contribution in [2.45, 2.75) is 47.0 Å². The van der Waals surface area contributed by atoms with Crippen molar-refractivity contribution in [2.24, 2.45) is 17.3 Å². The minimum atomic E-state index is -0.637. The number of esters is 1. The van der Waals surface area contributed by atoms with Crippen molar-refractivity contribution in [3.8, 4) is 0 Å². The van der Waals surface area contributed by atoms with Gasteiger partial charge in [-0.1, -0.05) is 13.8 Å². The molecule has 1 amide bonds. The van der Waals surface area contributed by atoms with E-state index in [1.807, 2.05) is 18.7 Å². The largest absolute Gasteiger partial charge is 0.469 e. The van der Waals surface area contributed by atoms with Gasteiger partial charge in [0.1, 0.15) is 0 Å². The lowest BCUT2D eigenvalue weighted by Gasteiger charge is -2.30. The summed E-state index contributed by atoms with van der Waals surface area (Å²) in [5, 5.41) is 0. The molecule has 1 saturated heterocycles. The van der Waals surface area contributed by atoms with Crippen LogP contribution in [0.4, 0.5) is 0 Å². The van der Waals surface area contributed by atoms with Crippen LogP contribution in [0.15, 0.2) is 0 Å². The molecule has 0 saturated carbocycles. The van der Waals surface area contributed by atoms with E-state index in [1.54, 1.807) is 0 Å².